The number of hydrogen-bond acceptors (Lipinski definition) is 1. The Morgan fingerprint density at radius 2 is 1.55 bits per heavy atom. The molecule has 11 heavy (non-hydrogen) atoms. The predicted octanol–water partition coefficient (Wildman–Crippen LogP) is 2.41. The van der Waals surface area contributed by atoms with E-state index in [0.717, 1.165) is 0 Å². The van der Waals surface area contributed by atoms with Crippen LogP contribution in [0.15, 0.2) is 0 Å². The first-order valence-corrected chi connectivity index (χ1v) is 11.0. The van der Waals surface area contributed by atoms with Crippen LogP contribution in [0, 0.1) is 0 Å². The predicted molar refractivity (Wildman–Crippen MR) is 59.5 cm³/mol. The van der Waals surface area contributed by atoms with E-state index in [4.69, 9.17) is 4.12 Å². The van der Waals surface area contributed by atoms with Crippen LogP contribution >= 0.6 is 0 Å². The van der Waals surface area contributed by atoms with E-state index in [2.05, 4.69) is 39.7 Å². The minimum atomic E-state index is -1.28. The standard InChI is InChI=1S/C7H21BOSi2/c1-7-8-11(5,6)9-10(2,3)4/h8H,7H2,1-6H3. The van der Waals surface area contributed by atoms with Crippen molar-refractivity contribution in [2.75, 3.05) is 0 Å². The van der Waals surface area contributed by atoms with E-state index in [-0.39, 0.29) is 0 Å². The molecule has 0 saturated heterocycles. The maximum absolute atomic E-state index is 6.14. The lowest BCUT2D eigenvalue weighted by Gasteiger charge is -2.31. The molecule has 0 N–H and O–H groups in total. The minimum Gasteiger partial charge on any atom is -0.462 e. The monoisotopic (exact) mass is 188 g/mol. The van der Waals surface area contributed by atoms with Crippen molar-refractivity contribution < 1.29 is 4.12 Å². The first-order chi connectivity index (χ1) is 4.77. The highest BCUT2D eigenvalue weighted by atomic mass is 28.4. The Morgan fingerprint density at radius 1 is 1.09 bits per heavy atom. The van der Waals surface area contributed by atoms with Gasteiger partial charge in [0.05, 0.1) is 0 Å². The molecule has 0 aliphatic heterocycles. The van der Waals surface area contributed by atoms with Crippen LogP contribution in [0.2, 0.25) is 39.1 Å². The van der Waals surface area contributed by atoms with Crippen molar-refractivity contribution in [1.29, 1.82) is 0 Å². The molecule has 0 heterocycles. The van der Waals surface area contributed by atoms with E-state index in [1.54, 1.807) is 0 Å². The second-order valence-electron chi connectivity index (χ2n) is 4.72. The van der Waals surface area contributed by atoms with Crippen LogP contribution < -0.4 is 0 Å². The molecule has 0 amide bonds. The van der Waals surface area contributed by atoms with E-state index in [0.29, 0.717) is 0 Å². The first kappa shape index (κ1) is 11.5. The lowest BCUT2D eigenvalue weighted by molar-refractivity contribution is 0.572. The van der Waals surface area contributed by atoms with Crippen LogP contribution in [-0.4, -0.2) is 23.4 Å². The third-order valence-corrected chi connectivity index (χ3v) is 7.80. The molecular weight excluding hydrogens is 167 g/mol. The maximum Gasteiger partial charge on any atom is 0.169 e. The molecule has 0 aromatic carbocycles. The summed E-state index contributed by atoms with van der Waals surface area (Å²) in [5.74, 6) is 0. The molecular formula is C7H21BOSi2. The van der Waals surface area contributed by atoms with E-state index >= 15 is 0 Å². The van der Waals surface area contributed by atoms with Gasteiger partial charge in [0, 0.05) is 0 Å². The van der Waals surface area contributed by atoms with Gasteiger partial charge in [-0.3, -0.25) is 0 Å². The molecule has 0 aliphatic rings. The highest BCUT2D eigenvalue weighted by molar-refractivity contribution is 7.22. The van der Waals surface area contributed by atoms with Crippen molar-refractivity contribution in [1.82, 2.24) is 0 Å². The van der Waals surface area contributed by atoms with E-state index < -0.39 is 16.5 Å². The third kappa shape index (κ3) is 6.84. The molecule has 0 unspecified atom stereocenters. The van der Waals surface area contributed by atoms with Crippen molar-refractivity contribution in [2.24, 2.45) is 0 Å². The fourth-order valence-electron chi connectivity index (χ4n) is 1.48. The Labute approximate surface area is 74.0 Å². The lowest BCUT2D eigenvalue weighted by atomic mass is 10.1. The Balaban J connectivity index is 3.91. The molecule has 0 aliphatic carbocycles. The van der Waals surface area contributed by atoms with Gasteiger partial charge in [0.15, 0.2) is 8.32 Å². The first-order valence-electron chi connectivity index (χ1n) is 4.47. The molecule has 0 aromatic rings. The molecule has 0 radical (unpaired) electrons. The van der Waals surface area contributed by atoms with Gasteiger partial charge in [-0.25, -0.2) is 0 Å². The minimum absolute atomic E-state index is 1.27. The van der Waals surface area contributed by atoms with Crippen LogP contribution in [0.1, 0.15) is 6.92 Å². The molecule has 4 heteroatoms. The average molecular weight is 188 g/mol. The van der Waals surface area contributed by atoms with Gasteiger partial charge in [-0.1, -0.05) is 26.3 Å². The lowest BCUT2D eigenvalue weighted by Crippen LogP contribution is -2.46. The average Bonchev–Trinajstić information content (AvgIpc) is 1.55. The topological polar surface area (TPSA) is 9.23 Å². The normalized spacial score (nSPS) is 13.3. The van der Waals surface area contributed by atoms with Gasteiger partial charge in [-0.2, -0.15) is 0 Å². The van der Waals surface area contributed by atoms with Crippen LogP contribution in [0.4, 0.5) is 0 Å². The third-order valence-electron chi connectivity index (χ3n) is 1.43. The van der Waals surface area contributed by atoms with Crippen LogP contribution in [0.25, 0.3) is 0 Å². The fraction of sp³-hybridized carbons (Fsp3) is 1.00. The molecule has 1 nitrogen and oxygen atoms in total. The molecule has 66 valence electrons. The number of hydrogen-bond donors (Lipinski definition) is 0. The zero-order valence-corrected chi connectivity index (χ0v) is 10.8. The molecule has 0 atom stereocenters. The van der Waals surface area contributed by atoms with Gasteiger partial charge >= 0.3 is 0 Å². The molecule has 0 fully saturated rings. The summed E-state index contributed by atoms with van der Waals surface area (Å²) in [4.78, 5) is 0. The molecule has 0 rings (SSSR count). The Bertz CT molecular complexity index is 120. The Hall–Kier alpha value is 0.459. The van der Waals surface area contributed by atoms with Crippen molar-refractivity contribution in [3.8, 4) is 0 Å². The van der Waals surface area contributed by atoms with Crippen molar-refractivity contribution in [3.05, 3.63) is 0 Å². The zero-order valence-electron chi connectivity index (χ0n) is 8.82. The fourth-order valence-corrected chi connectivity index (χ4v) is 9.73. The van der Waals surface area contributed by atoms with Gasteiger partial charge in [0.25, 0.3) is 0 Å². The molecule has 0 saturated carbocycles. The summed E-state index contributed by atoms with van der Waals surface area (Å²) < 4.78 is 6.14. The summed E-state index contributed by atoms with van der Waals surface area (Å²) in [7, 11) is -2.55. The zero-order chi connectivity index (χ0) is 9.12. The summed E-state index contributed by atoms with van der Waals surface area (Å²) in [6.45, 7) is 15.0. The molecule has 0 bridgehead atoms. The highest BCUT2D eigenvalue weighted by Crippen LogP contribution is 2.13. The van der Waals surface area contributed by atoms with Gasteiger partial charge in [0.1, 0.15) is 15.1 Å². The Kier molecular flexibility index (Phi) is 4.08. The highest BCUT2D eigenvalue weighted by Gasteiger charge is 2.28. The van der Waals surface area contributed by atoms with E-state index in [1.165, 1.54) is 13.2 Å². The summed E-state index contributed by atoms with van der Waals surface area (Å²) in [6.07, 6.45) is 1.27. The molecule has 0 spiro atoms. The van der Waals surface area contributed by atoms with Crippen molar-refractivity contribution >= 4 is 23.4 Å². The maximum atomic E-state index is 6.14. The second-order valence-corrected chi connectivity index (χ2v) is 13.8. The van der Waals surface area contributed by atoms with Crippen LogP contribution in [0.5, 0.6) is 0 Å². The van der Waals surface area contributed by atoms with Crippen LogP contribution in [0.3, 0.4) is 0 Å². The summed E-state index contributed by atoms with van der Waals surface area (Å²) in [6, 6.07) is 0. The molecule has 0 aromatic heterocycles. The summed E-state index contributed by atoms with van der Waals surface area (Å²) in [5, 5.41) is 0. The van der Waals surface area contributed by atoms with E-state index in [1.807, 2.05) is 0 Å². The van der Waals surface area contributed by atoms with Crippen molar-refractivity contribution in [2.45, 2.75) is 46.0 Å². The quantitative estimate of drug-likeness (QED) is 0.615. The number of rotatable bonds is 4. The largest absolute Gasteiger partial charge is 0.462 e. The SMILES string of the molecule is CCB[Si](C)(C)O[Si](C)(C)C. The second kappa shape index (κ2) is 3.92. The summed E-state index contributed by atoms with van der Waals surface area (Å²) >= 11 is 0. The van der Waals surface area contributed by atoms with Gasteiger partial charge in [0.2, 0.25) is 0 Å². The van der Waals surface area contributed by atoms with Crippen LogP contribution in [-0.2, 0) is 4.12 Å². The van der Waals surface area contributed by atoms with Gasteiger partial charge < -0.3 is 4.12 Å². The van der Waals surface area contributed by atoms with E-state index in [9.17, 15) is 0 Å². The van der Waals surface area contributed by atoms with Gasteiger partial charge in [-0.05, 0) is 19.6 Å². The smallest absolute Gasteiger partial charge is 0.169 e. The Morgan fingerprint density at radius 3 is 1.82 bits per heavy atom. The van der Waals surface area contributed by atoms with Crippen molar-refractivity contribution in [3.63, 3.8) is 0 Å². The van der Waals surface area contributed by atoms with Gasteiger partial charge in [-0.15, -0.1) is 0 Å². The summed E-state index contributed by atoms with van der Waals surface area (Å²) in [5.41, 5.74) is 0.